The van der Waals surface area contributed by atoms with E-state index in [2.05, 4.69) is 5.32 Å². The Morgan fingerprint density at radius 3 is 2.17 bits per heavy atom. The molecular weight excluding hydrogens is 374 g/mol. The van der Waals surface area contributed by atoms with Gasteiger partial charge in [-0.15, -0.1) is 4.48 Å². The van der Waals surface area contributed by atoms with Crippen molar-refractivity contribution in [3.8, 4) is 0 Å². The predicted molar refractivity (Wildman–Crippen MR) is 107 cm³/mol. The second-order valence-corrected chi connectivity index (χ2v) is 6.28. The maximum Gasteiger partial charge on any atom is 0.529 e. The van der Waals surface area contributed by atoms with Crippen molar-refractivity contribution in [1.82, 2.24) is 9.80 Å². The van der Waals surface area contributed by atoms with E-state index in [9.17, 15) is 19.2 Å². The van der Waals surface area contributed by atoms with Crippen LogP contribution >= 0.6 is 0 Å². The number of nitrogens with two attached hydrogens (primary N) is 1. The van der Waals surface area contributed by atoms with E-state index in [-0.39, 0.29) is 18.7 Å². The first-order valence-corrected chi connectivity index (χ1v) is 9.05. The summed E-state index contributed by atoms with van der Waals surface area (Å²) in [5.74, 6) is -1.25. The molecule has 0 aliphatic rings. The molecule has 8 nitrogen and oxygen atoms in total. The first-order valence-electron chi connectivity index (χ1n) is 9.05. The number of amides is 3. The molecule has 152 valence electrons. The quantitative estimate of drug-likeness (QED) is 0.515. The molecule has 2 atom stereocenters. The highest BCUT2D eigenvalue weighted by atomic mass is 16.6. The van der Waals surface area contributed by atoms with Gasteiger partial charge in [0, 0.05) is 19.2 Å². The van der Waals surface area contributed by atoms with Gasteiger partial charge in [-0.25, -0.2) is 4.79 Å². The van der Waals surface area contributed by atoms with Crippen LogP contribution in [0, 0.1) is 0 Å². The van der Waals surface area contributed by atoms with Crippen LogP contribution < -0.4 is 15.5 Å². The number of benzene rings is 2. The van der Waals surface area contributed by atoms with Crippen molar-refractivity contribution in [3.05, 3.63) is 66.2 Å². The summed E-state index contributed by atoms with van der Waals surface area (Å²) in [7, 11) is 1.40. The number of hydrogen-bond acceptors (Lipinski definition) is 6. The largest absolute Gasteiger partial charge is 0.529 e. The van der Waals surface area contributed by atoms with Crippen LogP contribution in [-0.2, 0) is 25.7 Å². The first-order chi connectivity index (χ1) is 14.0. The molecule has 0 aliphatic carbocycles. The van der Waals surface area contributed by atoms with Gasteiger partial charge in [-0.1, -0.05) is 48.5 Å². The van der Waals surface area contributed by atoms with Gasteiger partial charge in [-0.2, -0.15) is 4.79 Å². The minimum absolute atomic E-state index is 0.101. The van der Waals surface area contributed by atoms with Crippen LogP contribution in [0.3, 0.4) is 0 Å². The average Bonchev–Trinajstić information content (AvgIpc) is 2.78. The maximum absolute atomic E-state index is 13.3. The number of imide groups is 1. The van der Waals surface area contributed by atoms with E-state index < -0.39 is 35.0 Å². The van der Waals surface area contributed by atoms with Crippen LogP contribution in [0.1, 0.15) is 12.0 Å². The van der Waals surface area contributed by atoms with Gasteiger partial charge in [-0.3, -0.25) is 9.59 Å². The van der Waals surface area contributed by atoms with Gasteiger partial charge in [0.25, 0.3) is 0 Å². The van der Waals surface area contributed by atoms with Crippen LogP contribution in [0.2, 0.25) is 0 Å². The lowest BCUT2D eigenvalue weighted by Crippen LogP contribution is -2.67. The first kappa shape index (κ1) is 21.9. The van der Waals surface area contributed by atoms with Gasteiger partial charge >= 0.3 is 12.0 Å². The Morgan fingerprint density at radius 2 is 1.66 bits per heavy atom. The molecule has 0 bridgehead atoms. The van der Waals surface area contributed by atoms with Gasteiger partial charge in [0.15, 0.2) is 18.0 Å². The Kier molecular flexibility index (Phi) is 7.76. The highest BCUT2D eigenvalue weighted by Gasteiger charge is 2.55. The van der Waals surface area contributed by atoms with Gasteiger partial charge in [0.05, 0.1) is 6.42 Å². The summed E-state index contributed by atoms with van der Waals surface area (Å²) < 4.78 is 4.31. The number of carbonyl (C=O) groups is 4. The standard InChI is InChI=1S/C21H23N3O5/c1-23-19(26)12-18(14-25)24(20(27)13-22,17-10-6-3-7-11-17)21(28)29-15-16-8-4-2-5-9-16/h2-11,14,18H,12-13,15,22H2,1H3/p+1. The topological polar surface area (TPSA) is 116 Å². The normalized spacial score (nSPS) is 13.6. The number of nitrogens with zero attached hydrogens (tertiary/aromatic N) is 1. The van der Waals surface area contributed by atoms with Crippen LogP contribution in [0.15, 0.2) is 60.7 Å². The zero-order chi connectivity index (χ0) is 21.3. The third-order valence-electron chi connectivity index (χ3n) is 4.55. The summed E-state index contributed by atoms with van der Waals surface area (Å²) in [6.45, 7) is -0.622. The van der Waals surface area contributed by atoms with Crippen molar-refractivity contribution in [2.45, 2.75) is 19.1 Å². The minimum Gasteiger partial charge on any atom is -0.414 e. The van der Waals surface area contributed by atoms with E-state index in [0.29, 0.717) is 11.8 Å². The monoisotopic (exact) mass is 398 g/mol. The van der Waals surface area contributed by atoms with Crippen molar-refractivity contribution in [2.24, 2.45) is 5.73 Å². The van der Waals surface area contributed by atoms with E-state index >= 15 is 0 Å². The molecule has 0 aliphatic heterocycles. The average molecular weight is 398 g/mol. The van der Waals surface area contributed by atoms with Gasteiger partial charge in [-0.05, 0) is 5.56 Å². The lowest BCUT2D eigenvalue weighted by Gasteiger charge is -2.35. The fourth-order valence-corrected chi connectivity index (χ4v) is 3.06. The lowest BCUT2D eigenvalue weighted by atomic mass is 10.1. The van der Waals surface area contributed by atoms with Crippen LogP contribution in [0.5, 0.6) is 0 Å². The Hall–Kier alpha value is -3.36. The third kappa shape index (κ3) is 4.74. The summed E-state index contributed by atoms with van der Waals surface area (Å²) in [5.41, 5.74) is 6.51. The zero-order valence-corrected chi connectivity index (χ0v) is 16.1. The molecule has 0 aromatic heterocycles. The summed E-state index contributed by atoms with van der Waals surface area (Å²) in [6, 6.07) is 15.6. The second-order valence-electron chi connectivity index (χ2n) is 6.28. The molecule has 2 aromatic rings. The van der Waals surface area contributed by atoms with E-state index in [1.54, 1.807) is 42.5 Å². The zero-order valence-electron chi connectivity index (χ0n) is 16.1. The van der Waals surface area contributed by atoms with Crippen molar-refractivity contribution < 1.29 is 23.9 Å². The van der Waals surface area contributed by atoms with Crippen molar-refractivity contribution in [2.75, 3.05) is 13.6 Å². The third-order valence-corrected chi connectivity index (χ3v) is 4.55. The molecule has 3 amide bonds. The molecule has 2 unspecified atom stereocenters. The SMILES string of the molecule is CNC(=O)CC(C=O)[N+](C(=O)CN)(C(=O)OCc1ccccc1)c1ccccc1. The Morgan fingerprint density at radius 1 is 1.07 bits per heavy atom. The lowest BCUT2D eigenvalue weighted by molar-refractivity contribution is -0.134. The fraction of sp³-hybridized carbons (Fsp3) is 0.238. The van der Waals surface area contributed by atoms with Crippen LogP contribution in [0.25, 0.3) is 0 Å². The molecule has 0 radical (unpaired) electrons. The molecule has 0 fully saturated rings. The summed E-state index contributed by atoms with van der Waals surface area (Å²) >= 11 is 0. The Labute approximate surface area is 168 Å². The minimum atomic E-state index is -1.34. The summed E-state index contributed by atoms with van der Waals surface area (Å²) in [5, 5.41) is 2.40. The van der Waals surface area contributed by atoms with Crippen molar-refractivity contribution in [1.29, 1.82) is 0 Å². The van der Waals surface area contributed by atoms with Gasteiger partial charge < -0.3 is 15.8 Å². The predicted octanol–water partition coefficient (Wildman–Crippen LogP) is 1.52. The van der Waals surface area contributed by atoms with Crippen molar-refractivity contribution >= 4 is 29.9 Å². The number of quaternary nitrogens is 1. The molecule has 2 rings (SSSR count). The van der Waals surface area contributed by atoms with Gasteiger partial charge in [0.1, 0.15) is 13.2 Å². The molecule has 0 heterocycles. The van der Waals surface area contributed by atoms with Gasteiger partial charge in [0.2, 0.25) is 5.91 Å². The molecule has 8 heteroatoms. The number of rotatable bonds is 8. The van der Waals surface area contributed by atoms with E-state index in [1.807, 2.05) is 6.07 Å². The molecular formula is C21H24N3O5+. The van der Waals surface area contributed by atoms with Crippen LogP contribution in [0.4, 0.5) is 10.5 Å². The summed E-state index contributed by atoms with van der Waals surface area (Å²) in [6.07, 6.45) is -0.947. The van der Waals surface area contributed by atoms with E-state index in [0.717, 1.165) is 0 Å². The Bertz CT molecular complexity index is 857. The highest BCUT2D eigenvalue weighted by Crippen LogP contribution is 2.30. The number of aldehydes is 1. The maximum atomic E-state index is 13.3. The van der Waals surface area contributed by atoms with E-state index in [4.69, 9.17) is 10.5 Å². The second kappa shape index (κ2) is 10.3. The number of nitrogens with one attached hydrogen (secondary N) is 1. The molecule has 0 saturated carbocycles. The smallest absolute Gasteiger partial charge is 0.414 e. The molecule has 0 spiro atoms. The summed E-state index contributed by atoms with van der Waals surface area (Å²) in [4.78, 5) is 50.3. The number of hydrogen-bond donors (Lipinski definition) is 2. The molecule has 3 N–H and O–H groups in total. The van der Waals surface area contributed by atoms with E-state index in [1.165, 1.54) is 19.2 Å². The molecule has 29 heavy (non-hydrogen) atoms. The van der Waals surface area contributed by atoms with Crippen LogP contribution in [-0.4, -0.2) is 43.8 Å². The fourth-order valence-electron chi connectivity index (χ4n) is 3.06. The highest BCUT2D eigenvalue weighted by molar-refractivity contribution is 6.10. The molecule has 2 aromatic carbocycles. The number of ether oxygens (including phenoxy) is 1. The van der Waals surface area contributed by atoms with Crippen molar-refractivity contribution in [3.63, 3.8) is 0 Å². The molecule has 0 saturated heterocycles. The number of para-hydroxylation sites is 1. The Balaban J connectivity index is 2.54. The number of carbonyl (C=O) groups excluding carboxylic acids is 4.